The molecule has 1 fully saturated rings. The molecule has 0 heterocycles. The average Bonchev–Trinajstić information content (AvgIpc) is 2.92. The molecule has 1 aliphatic carbocycles. The molecular formula is C30H37N3O4S. The normalized spacial score (nSPS) is 15.1. The SMILES string of the molecule is CC(C(=O)NC1CCCCC1)N(CCc1ccccc1)C(=O)CN(c1cccc2ccccc12)S(C)(=O)=O. The van der Waals surface area contributed by atoms with Crippen LogP contribution < -0.4 is 9.62 Å². The monoisotopic (exact) mass is 535 g/mol. The Hall–Kier alpha value is -3.39. The molecule has 0 aromatic heterocycles. The summed E-state index contributed by atoms with van der Waals surface area (Å²) >= 11 is 0. The molecule has 1 N–H and O–H groups in total. The summed E-state index contributed by atoms with van der Waals surface area (Å²) in [6, 6.07) is 22.0. The van der Waals surface area contributed by atoms with Gasteiger partial charge in [-0.1, -0.05) is 86.0 Å². The first-order valence-corrected chi connectivity index (χ1v) is 15.2. The van der Waals surface area contributed by atoms with Crippen molar-refractivity contribution in [1.82, 2.24) is 10.2 Å². The third-order valence-corrected chi connectivity index (χ3v) is 8.44. The van der Waals surface area contributed by atoms with Crippen molar-refractivity contribution < 1.29 is 18.0 Å². The molecule has 0 radical (unpaired) electrons. The van der Waals surface area contributed by atoms with Crippen LogP contribution in [0.1, 0.15) is 44.6 Å². The quantitative estimate of drug-likeness (QED) is 0.414. The molecule has 2 amide bonds. The Bertz CT molecular complexity index is 1350. The number of sulfonamides is 1. The van der Waals surface area contributed by atoms with Crippen molar-refractivity contribution >= 4 is 38.3 Å². The fourth-order valence-electron chi connectivity index (χ4n) is 5.16. The summed E-state index contributed by atoms with van der Waals surface area (Å²) in [5.41, 5.74) is 1.49. The Morgan fingerprint density at radius 1 is 0.921 bits per heavy atom. The molecule has 1 atom stereocenters. The van der Waals surface area contributed by atoms with E-state index in [1.165, 1.54) is 11.3 Å². The summed E-state index contributed by atoms with van der Waals surface area (Å²) in [6.07, 6.45) is 6.91. The van der Waals surface area contributed by atoms with E-state index in [4.69, 9.17) is 0 Å². The molecule has 0 spiro atoms. The third-order valence-electron chi connectivity index (χ3n) is 7.32. The van der Waals surface area contributed by atoms with Gasteiger partial charge < -0.3 is 10.2 Å². The number of rotatable bonds is 10. The van der Waals surface area contributed by atoms with Crippen LogP contribution in [0, 0.1) is 0 Å². The van der Waals surface area contributed by atoms with Crippen LogP contribution in [0.3, 0.4) is 0 Å². The fraction of sp³-hybridized carbons (Fsp3) is 0.400. The second-order valence-corrected chi connectivity index (χ2v) is 12.0. The van der Waals surface area contributed by atoms with Crippen molar-refractivity contribution in [1.29, 1.82) is 0 Å². The zero-order valence-corrected chi connectivity index (χ0v) is 23.0. The molecule has 4 rings (SSSR count). The predicted octanol–water partition coefficient (Wildman–Crippen LogP) is 4.51. The molecule has 202 valence electrons. The number of amides is 2. The minimum Gasteiger partial charge on any atom is -0.352 e. The molecule has 1 unspecified atom stereocenters. The summed E-state index contributed by atoms with van der Waals surface area (Å²) < 4.78 is 27.1. The molecule has 0 aliphatic heterocycles. The van der Waals surface area contributed by atoms with Gasteiger partial charge in [0.15, 0.2) is 0 Å². The molecule has 8 heteroatoms. The van der Waals surface area contributed by atoms with E-state index < -0.39 is 22.0 Å². The maximum absolute atomic E-state index is 13.8. The van der Waals surface area contributed by atoms with Crippen molar-refractivity contribution in [2.24, 2.45) is 0 Å². The minimum absolute atomic E-state index is 0.118. The minimum atomic E-state index is -3.79. The van der Waals surface area contributed by atoms with Crippen LogP contribution >= 0.6 is 0 Å². The van der Waals surface area contributed by atoms with Gasteiger partial charge in [-0.2, -0.15) is 0 Å². The molecule has 3 aromatic rings. The van der Waals surface area contributed by atoms with Crippen LogP contribution in [-0.2, 0) is 26.0 Å². The maximum atomic E-state index is 13.8. The van der Waals surface area contributed by atoms with Gasteiger partial charge in [-0.15, -0.1) is 0 Å². The number of hydrogen-bond acceptors (Lipinski definition) is 4. The average molecular weight is 536 g/mol. The van der Waals surface area contributed by atoms with Gasteiger partial charge in [-0.25, -0.2) is 8.42 Å². The van der Waals surface area contributed by atoms with E-state index in [1.54, 1.807) is 19.1 Å². The van der Waals surface area contributed by atoms with Crippen molar-refractivity contribution in [3.8, 4) is 0 Å². The standard InChI is InChI=1S/C30H37N3O4S/c1-23(30(35)31-26-16-7-4-8-17-26)32(21-20-24-12-5-3-6-13-24)29(34)22-33(38(2,36)37)28-19-11-15-25-14-9-10-18-27(25)28/h3,5-6,9-15,18-19,23,26H,4,7-8,16-17,20-22H2,1-2H3,(H,31,35). The first kappa shape index (κ1) is 27.6. The van der Waals surface area contributed by atoms with Crippen molar-refractivity contribution in [3.63, 3.8) is 0 Å². The van der Waals surface area contributed by atoms with E-state index in [2.05, 4.69) is 5.32 Å². The first-order chi connectivity index (χ1) is 18.2. The van der Waals surface area contributed by atoms with Gasteiger partial charge in [0, 0.05) is 18.0 Å². The summed E-state index contributed by atoms with van der Waals surface area (Å²) in [6.45, 7) is 1.64. The van der Waals surface area contributed by atoms with Crippen molar-refractivity contribution in [3.05, 3.63) is 78.4 Å². The largest absolute Gasteiger partial charge is 0.352 e. The zero-order chi connectivity index (χ0) is 27.1. The number of fused-ring (bicyclic) bond motifs is 1. The number of carbonyl (C=O) groups excluding carboxylic acids is 2. The van der Waals surface area contributed by atoms with Gasteiger partial charge in [0.2, 0.25) is 21.8 Å². The second-order valence-electron chi connectivity index (χ2n) is 10.1. The molecule has 1 aliphatic rings. The van der Waals surface area contributed by atoms with Crippen molar-refractivity contribution in [2.45, 2.75) is 57.5 Å². The Morgan fingerprint density at radius 3 is 2.29 bits per heavy atom. The molecular weight excluding hydrogens is 498 g/mol. The maximum Gasteiger partial charge on any atom is 0.244 e. The number of anilines is 1. The topological polar surface area (TPSA) is 86.8 Å². The Morgan fingerprint density at radius 2 is 1.58 bits per heavy atom. The van der Waals surface area contributed by atoms with E-state index in [0.717, 1.165) is 52.6 Å². The lowest BCUT2D eigenvalue weighted by atomic mass is 9.95. The Kier molecular flexibility index (Phi) is 9.05. The predicted molar refractivity (Wildman–Crippen MR) is 152 cm³/mol. The highest BCUT2D eigenvalue weighted by atomic mass is 32.2. The summed E-state index contributed by atoms with van der Waals surface area (Å²) in [5.74, 6) is -0.611. The molecule has 7 nitrogen and oxygen atoms in total. The van der Waals surface area contributed by atoms with Gasteiger partial charge >= 0.3 is 0 Å². The van der Waals surface area contributed by atoms with Gasteiger partial charge in [-0.05, 0) is 43.2 Å². The van der Waals surface area contributed by atoms with Crippen LogP contribution in [0.4, 0.5) is 5.69 Å². The van der Waals surface area contributed by atoms with Crippen LogP contribution in [0.2, 0.25) is 0 Å². The number of carbonyl (C=O) groups is 2. The first-order valence-electron chi connectivity index (χ1n) is 13.3. The number of nitrogens with one attached hydrogen (secondary N) is 1. The van der Waals surface area contributed by atoms with E-state index in [-0.39, 0.29) is 18.5 Å². The van der Waals surface area contributed by atoms with E-state index in [0.29, 0.717) is 18.7 Å². The van der Waals surface area contributed by atoms with E-state index in [9.17, 15) is 18.0 Å². The van der Waals surface area contributed by atoms with Crippen LogP contribution in [0.25, 0.3) is 10.8 Å². The van der Waals surface area contributed by atoms with Crippen LogP contribution in [0.15, 0.2) is 72.8 Å². The second kappa shape index (κ2) is 12.4. The Labute approximate surface area is 225 Å². The molecule has 1 saturated carbocycles. The summed E-state index contributed by atoms with van der Waals surface area (Å²) in [7, 11) is -3.79. The highest BCUT2D eigenvalue weighted by Gasteiger charge is 2.31. The fourth-order valence-corrected chi connectivity index (χ4v) is 6.02. The van der Waals surface area contributed by atoms with Crippen LogP contribution in [-0.4, -0.2) is 56.6 Å². The lowest BCUT2D eigenvalue weighted by Gasteiger charge is -2.33. The number of hydrogen-bond donors (Lipinski definition) is 1. The van der Waals surface area contributed by atoms with Gasteiger partial charge in [0.1, 0.15) is 12.6 Å². The van der Waals surface area contributed by atoms with Gasteiger partial charge in [0.05, 0.1) is 11.9 Å². The molecule has 0 bridgehead atoms. The van der Waals surface area contributed by atoms with Crippen molar-refractivity contribution in [2.75, 3.05) is 23.7 Å². The zero-order valence-electron chi connectivity index (χ0n) is 22.2. The smallest absolute Gasteiger partial charge is 0.244 e. The van der Waals surface area contributed by atoms with Gasteiger partial charge in [0.25, 0.3) is 0 Å². The van der Waals surface area contributed by atoms with E-state index >= 15 is 0 Å². The highest BCUT2D eigenvalue weighted by molar-refractivity contribution is 7.92. The Balaban J connectivity index is 1.60. The summed E-state index contributed by atoms with van der Waals surface area (Å²) in [4.78, 5) is 28.6. The van der Waals surface area contributed by atoms with E-state index in [1.807, 2.05) is 60.7 Å². The highest BCUT2D eigenvalue weighted by Crippen LogP contribution is 2.28. The third kappa shape index (κ3) is 6.92. The number of benzene rings is 3. The lowest BCUT2D eigenvalue weighted by molar-refractivity contribution is -0.139. The molecule has 38 heavy (non-hydrogen) atoms. The molecule has 0 saturated heterocycles. The number of nitrogens with zero attached hydrogens (tertiary/aromatic N) is 2. The van der Waals surface area contributed by atoms with Crippen LogP contribution in [0.5, 0.6) is 0 Å². The molecule has 3 aromatic carbocycles. The lowest BCUT2D eigenvalue weighted by Crippen LogP contribution is -2.53. The summed E-state index contributed by atoms with van der Waals surface area (Å²) in [5, 5.41) is 4.75. The van der Waals surface area contributed by atoms with Gasteiger partial charge in [-0.3, -0.25) is 13.9 Å².